The van der Waals surface area contributed by atoms with Gasteiger partial charge in [0.2, 0.25) is 5.91 Å². The van der Waals surface area contributed by atoms with E-state index >= 15 is 0 Å². The molecule has 35 heavy (non-hydrogen) atoms. The Hall–Kier alpha value is -3.36. The maximum absolute atomic E-state index is 11.8. The second kappa shape index (κ2) is 10.5. The van der Waals surface area contributed by atoms with Gasteiger partial charge in [-0.2, -0.15) is 0 Å². The molecule has 8 nitrogen and oxygen atoms in total. The Labute approximate surface area is 205 Å². The predicted octanol–water partition coefficient (Wildman–Crippen LogP) is 3.46. The number of methoxy groups -OCH3 is 1. The van der Waals surface area contributed by atoms with E-state index in [1.54, 1.807) is 26.3 Å². The van der Waals surface area contributed by atoms with Gasteiger partial charge in [0.15, 0.2) is 11.5 Å². The Morgan fingerprint density at radius 3 is 2.69 bits per heavy atom. The van der Waals surface area contributed by atoms with Gasteiger partial charge >= 0.3 is 0 Å². The van der Waals surface area contributed by atoms with Crippen molar-refractivity contribution < 1.29 is 19.4 Å². The normalized spacial score (nSPS) is 15.0. The highest BCUT2D eigenvalue weighted by molar-refractivity contribution is 5.98. The Morgan fingerprint density at radius 1 is 1.23 bits per heavy atom. The van der Waals surface area contributed by atoms with Gasteiger partial charge in [0.25, 0.3) is 0 Å². The summed E-state index contributed by atoms with van der Waals surface area (Å²) in [6.45, 7) is 4.37. The maximum atomic E-state index is 11.8. The molecule has 0 bridgehead atoms. The molecule has 8 heteroatoms. The average Bonchev–Trinajstić information content (AvgIpc) is 3.67. The van der Waals surface area contributed by atoms with E-state index < -0.39 is 11.5 Å². The molecule has 186 valence electrons. The molecule has 1 saturated carbocycles. The van der Waals surface area contributed by atoms with Crippen LogP contribution in [0.4, 0.5) is 11.4 Å². The van der Waals surface area contributed by atoms with Gasteiger partial charge in [0, 0.05) is 41.5 Å². The standard InChI is InChI=1S/C27H34N4O4/c1-4-17-7-5-6-8-21(17)31-26-18(11-25(28)32)14-29-22-13-23(34-3)24(12-20(22)26)35-16-27(2,33)15-30-19-9-10-19/h5-8,12-14,19,30,33H,4,9-11,15-16H2,1-3H3,(H2,28,32)(H,29,31)/t27-/m0/s1. The first-order valence-corrected chi connectivity index (χ1v) is 12.0. The second-order valence-corrected chi connectivity index (χ2v) is 9.40. The molecule has 0 radical (unpaired) electrons. The van der Waals surface area contributed by atoms with Crippen molar-refractivity contribution in [3.63, 3.8) is 0 Å². The van der Waals surface area contributed by atoms with Crippen LogP contribution in [-0.4, -0.2) is 47.9 Å². The molecule has 1 fully saturated rings. The lowest BCUT2D eigenvalue weighted by atomic mass is 10.0. The molecule has 0 spiro atoms. The summed E-state index contributed by atoms with van der Waals surface area (Å²) in [6.07, 6.45) is 4.85. The van der Waals surface area contributed by atoms with Crippen molar-refractivity contribution in [1.29, 1.82) is 0 Å². The van der Waals surface area contributed by atoms with E-state index in [2.05, 4.69) is 28.6 Å². The maximum Gasteiger partial charge on any atom is 0.221 e. The van der Waals surface area contributed by atoms with E-state index in [0.29, 0.717) is 35.2 Å². The third kappa shape index (κ3) is 6.21. The van der Waals surface area contributed by atoms with Crippen molar-refractivity contribution in [3.8, 4) is 11.5 Å². The molecular weight excluding hydrogens is 444 g/mol. The van der Waals surface area contributed by atoms with Crippen LogP contribution >= 0.6 is 0 Å². The number of hydrogen-bond donors (Lipinski definition) is 4. The smallest absolute Gasteiger partial charge is 0.221 e. The number of nitrogens with one attached hydrogen (secondary N) is 2. The molecule has 0 aliphatic heterocycles. The first-order valence-electron chi connectivity index (χ1n) is 12.0. The zero-order chi connectivity index (χ0) is 25.0. The molecule has 1 aliphatic rings. The van der Waals surface area contributed by atoms with Gasteiger partial charge in [-0.15, -0.1) is 0 Å². The molecule has 1 atom stereocenters. The van der Waals surface area contributed by atoms with Gasteiger partial charge in [-0.25, -0.2) is 0 Å². The van der Waals surface area contributed by atoms with Crippen LogP contribution < -0.4 is 25.8 Å². The van der Waals surface area contributed by atoms with E-state index in [1.165, 1.54) is 0 Å². The fourth-order valence-corrected chi connectivity index (χ4v) is 4.00. The lowest BCUT2D eigenvalue weighted by Gasteiger charge is -2.25. The number of pyridine rings is 1. The van der Waals surface area contributed by atoms with Crippen molar-refractivity contribution in [2.75, 3.05) is 25.6 Å². The zero-order valence-electron chi connectivity index (χ0n) is 20.6. The van der Waals surface area contributed by atoms with Gasteiger partial charge in [0.05, 0.1) is 24.7 Å². The molecule has 0 saturated heterocycles. The lowest BCUT2D eigenvalue weighted by Crippen LogP contribution is -2.43. The Morgan fingerprint density at radius 2 is 2.00 bits per heavy atom. The van der Waals surface area contributed by atoms with E-state index in [4.69, 9.17) is 15.2 Å². The Bertz CT molecular complexity index is 1210. The van der Waals surface area contributed by atoms with Crippen molar-refractivity contribution in [1.82, 2.24) is 10.3 Å². The summed E-state index contributed by atoms with van der Waals surface area (Å²) in [5.74, 6) is 0.553. The molecular formula is C27H34N4O4. The van der Waals surface area contributed by atoms with Crippen LogP contribution in [0.2, 0.25) is 0 Å². The van der Waals surface area contributed by atoms with Crippen molar-refractivity contribution in [3.05, 3.63) is 53.7 Å². The summed E-state index contributed by atoms with van der Waals surface area (Å²) in [6, 6.07) is 12.2. The number of fused-ring (bicyclic) bond motifs is 1. The van der Waals surface area contributed by atoms with Gasteiger partial charge in [-0.05, 0) is 43.9 Å². The Kier molecular flexibility index (Phi) is 7.42. The number of para-hydroxylation sites is 1. The molecule has 1 aliphatic carbocycles. The minimum Gasteiger partial charge on any atom is -0.493 e. The van der Waals surface area contributed by atoms with Crippen LogP contribution in [0.25, 0.3) is 10.9 Å². The van der Waals surface area contributed by atoms with E-state index in [0.717, 1.165) is 41.6 Å². The summed E-state index contributed by atoms with van der Waals surface area (Å²) in [7, 11) is 1.57. The minimum atomic E-state index is -1.05. The van der Waals surface area contributed by atoms with Crippen molar-refractivity contribution in [2.45, 2.75) is 51.2 Å². The number of ether oxygens (including phenoxy) is 2. The number of rotatable bonds is 12. The minimum absolute atomic E-state index is 0.0450. The van der Waals surface area contributed by atoms with Crippen molar-refractivity contribution in [2.24, 2.45) is 5.73 Å². The summed E-state index contributed by atoms with van der Waals surface area (Å²) in [4.78, 5) is 16.4. The molecule has 4 rings (SSSR count). The highest BCUT2D eigenvalue weighted by Gasteiger charge is 2.28. The number of primary amides is 1. The van der Waals surface area contributed by atoms with Crippen molar-refractivity contribution >= 4 is 28.2 Å². The SMILES string of the molecule is CCc1ccccc1Nc1c(CC(N)=O)cnc2cc(OC)c(OC[C@@](C)(O)CNC3CC3)cc12. The number of aliphatic hydroxyl groups is 1. The number of hydrogen-bond acceptors (Lipinski definition) is 7. The first-order chi connectivity index (χ1) is 16.8. The lowest BCUT2D eigenvalue weighted by molar-refractivity contribution is -0.117. The fraction of sp³-hybridized carbons (Fsp3) is 0.407. The van der Waals surface area contributed by atoms with Crippen LogP contribution in [0.1, 0.15) is 37.8 Å². The van der Waals surface area contributed by atoms with E-state index in [9.17, 15) is 9.90 Å². The third-order valence-corrected chi connectivity index (χ3v) is 6.14. The average molecular weight is 479 g/mol. The van der Waals surface area contributed by atoms with Gasteiger partial charge < -0.3 is 30.9 Å². The Balaban J connectivity index is 1.72. The first kappa shape index (κ1) is 24.8. The number of nitrogens with two attached hydrogens (primary N) is 1. The van der Waals surface area contributed by atoms with Crippen LogP contribution in [0.3, 0.4) is 0 Å². The van der Waals surface area contributed by atoms with Crippen LogP contribution in [0, 0.1) is 0 Å². The number of carbonyl (C=O) groups is 1. The molecule has 3 aromatic rings. The topological polar surface area (TPSA) is 119 Å². The summed E-state index contributed by atoms with van der Waals surface area (Å²) < 4.78 is 11.6. The van der Waals surface area contributed by atoms with Crippen LogP contribution in [-0.2, 0) is 17.6 Å². The molecule has 1 heterocycles. The van der Waals surface area contributed by atoms with Gasteiger partial charge in [-0.3, -0.25) is 9.78 Å². The number of amides is 1. The molecule has 2 aromatic carbocycles. The van der Waals surface area contributed by atoms with E-state index in [-0.39, 0.29) is 13.0 Å². The summed E-state index contributed by atoms with van der Waals surface area (Å²) in [5, 5.41) is 18.4. The highest BCUT2D eigenvalue weighted by atomic mass is 16.5. The van der Waals surface area contributed by atoms with Gasteiger partial charge in [0.1, 0.15) is 12.2 Å². The summed E-state index contributed by atoms with van der Waals surface area (Å²) >= 11 is 0. The zero-order valence-corrected chi connectivity index (χ0v) is 20.6. The number of carbonyl (C=O) groups excluding carboxylic acids is 1. The quantitative estimate of drug-likeness (QED) is 0.315. The number of benzene rings is 2. The number of aromatic nitrogens is 1. The second-order valence-electron chi connectivity index (χ2n) is 9.40. The predicted molar refractivity (Wildman–Crippen MR) is 137 cm³/mol. The monoisotopic (exact) mass is 478 g/mol. The number of aryl methyl sites for hydroxylation is 1. The number of nitrogens with zero attached hydrogens (tertiary/aromatic N) is 1. The van der Waals surface area contributed by atoms with Crippen LogP contribution in [0.5, 0.6) is 11.5 Å². The highest BCUT2D eigenvalue weighted by Crippen LogP contribution is 2.38. The fourth-order valence-electron chi connectivity index (χ4n) is 4.00. The number of anilines is 2. The van der Waals surface area contributed by atoms with Crippen LogP contribution in [0.15, 0.2) is 42.6 Å². The summed E-state index contributed by atoms with van der Waals surface area (Å²) in [5.41, 5.74) is 8.69. The molecule has 1 amide bonds. The third-order valence-electron chi connectivity index (χ3n) is 6.14. The van der Waals surface area contributed by atoms with Gasteiger partial charge in [-0.1, -0.05) is 25.1 Å². The molecule has 0 unspecified atom stereocenters. The largest absolute Gasteiger partial charge is 0.493 e. The van der Waals surface area contributed by atoms with E-state index in [1.807, 2.05) is 24.3 Å². The molecule has 5 N–H and O–H groups in total. The molecule has 1 aromatic heterocycles.